The van der Waals surface area contributed by atoms with E-state index in [-0.39, 0.29) is 12.5 Å². The summed E-state index contributed by atoms with van der Waals surface area (Å²) < 4.78 is 0. The number of carbonyl (C=O) groups excluding carboxylic acids is 1. The van der Waals surface area contributed by atoms with Crippen LogP contribution in [0.1, 0.15) is 36.2 Å². The maximum absolute atomic E-state index is 11.7. The van der Waals surface area contributed by atoms with Crippen molar-refractivity contribution >= 4 is 5.91 Å². The zero-order valence-corrected chi connectivity index (χ0v) is 11.7. The van der Waals surface area contributed by atoms with Gasteiger partial charge >= 0.3 is 0 Å². The van der Waals surface area contributed by atoms with Crippen LogP contribution in [-0.2, 0) is 0 Å². The van der Waals surface area contributed by atoms with E-state index in [1.165, 1.54) is 18.8 Å². The van der Waals surface area contributed by atoms with Crippen LogP contribution in [0.2, 0.25) is 0 Å². The van der Waals surface area contributed by atoms with Crippen LogP contribution in [0.15, 0.2) is 18.6 Å². The van der Waals surface area contributed by atoms with Crippen molar-refractivity contribution in [2.75, 3.05) is 26.2 Å². The summed E-state index contributed by atoms with van der Waals surface area (Å²) >= 11 is 0. The predicted molar refractivity (Wildman–Crippen MR) is 75.3 cm³/mol. The Labute approximate surface area is 119 Å². The highest BCUT2D eigenvalue weighted by Crippen LogP contribution is 2.16. The Bertz CT molecular complexity index is 413. The van der Waals surface area contributed by atoms with Gasteiger partial charge in [0.1, 0.15) is 5.69 Å². The Hall–Kier alpha value is -1.53. The van der Waals surface area contributed by atoms with Gasteiger partial charge in [0.25, 0.3) is 5.91 Å². The largest absolute Gasteiger partial charge is 0.395 e. The minimum Gasteiger partial charge on any atom is -0.395 e. The predicted octanol–water partition coefficient (Wildman–Crippen LogP) is 0.443. The van der Waals surface area contributed by atoms with Crippen LogP contribution in [0.5, 0.6) is 0 Å². The molecule has 0 bridgehead atoms. The molecule has 1 aliphatic heterocycles. The second-order valence-corrected chi connectivity index (χ2v) is 5.07. The number of rotatable bonds is 7. The summed E-state index contributed by atoms with van der Waals surface area (Å²) in [7, 11) is 0. The summed E-state index contributed by atoms with van der Waals surface area (Å²) in [5.41, 5.74) is 0.354. The number of hydrogen-bond donors (Lipinski definition) is 2. The summed E-state index contributed by atoms with van der Waals surface area (Å²) in [6.45, 7) is 2.97. The first-order valence-corrected chi connectivity index (χ1v) is 7.20. The van der Waals surface area contributed by atoms with Gasteiger partial charge in [-0.05, 0) is 38.8 Å². The molecule has 0 aliphatic carbocycles. The molecule has 1 aliphatic rings. The van der Waals surface area contributed by atoms with Gasteiger partial charge in [0.05, 0.1) is 12.8 Å². The van der Waals surface area contributed by atoms with Crippen molar-refractivity contribution in [2.45, 2.75) is 31.7 Å². The molecule has 1 unspecified atom stereocenters. The maximum Gasteiger partial charge on any atom is 0.271 e. The van der Waals surface area contributed by atoms with Crippen molar-refractivity contribution < 1.29 is 9.90 Å². The lowest BCUT2D eigenvalue weighted by molar-refractivity contribution is 0.0947. The van der Waals surface area contributed by atoms with Gasteiger partial charge in [-0.2, -0.15) is 0 Å². The summed E-state index contributed by atoms with van der Waals surface area (Å²) in [5, 5.41) is 12.1. The molecule has 110 valence electrons. The first-order valence-electron chi connectivity index (χ1n) is 7.20. The molecular weight excluding hydrogens is 256 g/mol. The fourth-order valence-corrected chi connectivity index (χ4v) is 2.55. The van der Waals surface area contributed by atoms with Crippen LogP contribution >= 0.6 is 0 Å². The van der Waals surface area contributed by atoms with E-state index in [4.69, 9.17) is 0 Å². The summed E-state index contributed by atoms with van der Waals surface area (Å²) in [6.07, 6.45) is 8.75. The molecule has 0 saturated carbocycles. The Balaban J connectivity index is 1.59. The van der Waals surface area contributed by atoms with Crippen molar-refractivity contribution in [2.24, 2.45) is 0 Å². The summed E-state index contributed by atoms with van der Waals surface area (Å²) in [4.78, 5) is 21.9. The fourth-order valence-electron chi connectivity index (χ4n) is 2.55. The molecule has 0 spiro atoms. The van der Waals surface area contributed by atoms with Crippen molar-refractivity contribution in [3.63, 3.8) is 0 Å². The molecule has 6 nitrogen and oxygen atoms in total. The number of nitrogens with one attached hydrogen (secondary N) is 1. The number of unbranched alkanes of at least 4 members (excludes halogenated alkanes) is 1. The Kier molecular flexibility index (Phi) is 5.88. The monoisotopic (exact) mass is 278 g/mol. The topological polar surface area (TPSA) is 78.4 Å². The molecule has 1 amide bonds. The minimum atomic E-state index is -0.174. The van der Waals surface area contributed by atoms with Gasteiger partial charge in [0.15, 0.2) is 0 Å². The van der Waals surface area contributed by atoms with Gasteiger partial charge in [-0.1, -0.05) is 0 Å². The molecule has 6 heteroatoms. The Morgan fingerprint density at radius 3 is 3.10 bits per heavy atom. The van der Waals surface area contributed by atoms with Gasteiger partial charge in [0, 0.05) is 25.0 Å². The summed E-state index contributed by atoms with van der Waals surface area (Å²) in [6, 6.07) is 0.337. The average Bonchev–Trinajstić information content (AvgIpc) is 2.95. The number of nitrogens with zero attached hydrogens (tertiary/aromatic N) is 3. The van der Waals surface area contributed by atoms with Crippen LogP contribution in [0.3, 0.4) is 0 Å². The van der Waals surface area contributed by atoms with Gasteiger partial charge in [0.2, 0.25) is 0 Å². The number of likely N-dealkylation sites (tertiary alicyclic amines) is 1. The second-order valence-electron chi connectivity index (χ2n) is 5.07. The molecule has 1 fully saturated rings. The standard InChI is InChI=1S/C14H22N4O2/c19-11-12-4-3-9-18(12)8-2-1-5-17-14(20)13-10-15-6-7-16-13/h6-7,10,12,19H,1-5,8-9,11H2,(H,17,20). The van der Waals surface area contributed by atoms with Gasteiger partial charge < -0.3 is 10.4 Å². The zero-order chi connectivity index (χ0) is 14.2. The molecule has 2 rings (SSSR count). The molecule has 1 saturated heterocycles. The maximum atomic E-state index is 11.7. The highest BCUT2D eigenvalue weighted by atomic mass is 16.3. The lowest BCUT2D eigenvalue weighted by Gasteiger charge is -2.22. The highest BCUT2D eigenvalue weighted by Gasteiger charge is 2.22. The Morgan fingerprint density at radius 1 is 1.45 bits per heavy atom. The van der Waals surface area contributed by atoms with Crippen molar-refractivity contribution in [1.29, 1.82) is 0 Å². The van der Waals surface area contributed by atoms with E-state index >= 15 is 0 Å². The van der Waals surface area contributed by atoms with E-state index in [0.29, 0.717) is 18.3 Å². The van der Waals surface area contributed by atoms with Crippen molar-refractivity contribution in [3.05, 3.63) is 24.3 Å². The molecule has 2 heterocycles. The SMILES string of the molecule is O=C(NCCCCN1CCCC1CO)c1cnccn1. The third-order valence-corrected chi connectivity index (χ3v) is 3.66. The number of aromatic nitrogens is 2. The molecule has 2 N–H and O–H groups in total. The number of amides is 1. The lowest BCUT2D eigenvalue weighted by Crippen LogP contribution is -2.33. The highest BCUT2D eigenvalue weighted by molar-refractivity contribution is 5.91. The third-order valence-electron chi connectivity index (χ3n) is 3.66. The number of hydrogen-bond acceptors (Lipinski definition) is 5. The third kappa shape index (κ3) is 4.25. The lowest BCUT2D eigenvalue weighted by atomic mass is 10.2. The number of carbonyl (C=O) groups is 1. The quantitative estimate of drug-likeness (QED) is 0.708. The van der Waals surface area contributed by atoms with E-state index in [2.05, 4.69) is 20.2 Å². The van der Waals surface area contributed by atoms with E-state index < -0.39 is 0 Å². The summed E-state index contributed by atoms with van der Waals surface area (Å²) in [5.74, 6) is -0.174. The fraction of sp³-hybridized carbons (Fsp3) is 0.643. The van der Waals surface area contributed by atoms with Crippen LogP contribution < -0.4 is 5.32 Å². The minimum absolute atomic E-state index is 0.174. The molecule has 0 radical (unpaired) electrons. The Morgan fingerprint density at radius 2 is 2.35 bits per heavy atom. The molecule has 0 aromatic carbocycles. The number of aliphatic hydroxyl groups excluding tert-OH is 1. The molecule has 1 atom stereocenters. The first-order chi connectivity index (χ1) is 9.81. The van der Waals surface area contributed by atoms with E-state index in [0.717, 1.165) is 32.4 Å². The van der Waals surface area contributed by atoms with E-state index in [9.17, 15) is 9.90 Å². The van der Waals surface area contributed by atoms with Crippen LogP contribution in [0.25, 0.3) is 0 Å². The number of aliphatic hydroxyl groups is 1. The van der Waals surface area contributed by atoms with Gasteiger partial charge in [-0.25, -0.2) is 4.98 Å². The van der Waals surface area contributed by atoms with Crippen molar-refractivity contribution in [1.82, 2.24) is 20.2 Å². The van der Waals surface area contributed by atoms with Crippen LogP contribution in [-0.4, -0.2) is 58.2 Å². The molecule has 20 heavy (non-hydrogen) atoms. The van der Waals surface area contributed by atoms with E-state index in [1.54, 1.807) is 6.20 Å². The molecule has 1 aromatic heterocycles. The van der Waals surface area contributed by atoms with Crippen LogP contribution in [0.4, 0.5) is 0 Å². The first kappa shape index (κ1) is 14.9. The van der Waals surface area contributed by atoms with Gasteiger partial charge in [-0.3, -0.25) is 14.7 Å². The second kappa shape index (κ2) is 7.91. The van der Waals surface area contributed by atoms with E-state index in [1.807, 2.05) is 0 Å². The van der Waals surface area contributed by atoms with Gasteiger partial charge in [-0.15, -0.1) is 0 Å². The van der Waals surface area contributed by atoms with Crippen LogP contribution in [0, 0.1) is 0 Å². The zero-order valence-electron chi connectivity index (χ0n) is 11.7. The normalized spacial score (nSPS) is 19.1. The smallest absolute Gasteiger partial charge is 0.271 e. The molecular formula is C14H22N4O2. The average molecular weight is 278 g/mol. The molecule has 1 aromatic rings. The van der Waals surface area contributed by atoms with Crippen molar-refractivity contribution in [3.8, 4) is 0 Å².